The van der Waals surface area contributed by atoms with E-state index in [1.54, 1.807) is 6.08 Å². The molecule has 1 N–H and O–H groups in total. The van der Waals surface area contributed by atoms with Crippen molar-refractivity contribution in [3.63, 3.8) is 0 Å². The first kappa shape index (κ1) is 20.1. The van der Waals surface area contributed by atoms with Crippen LogP contribution in [0.3, 0.4) is 0 Å². The number of aliphatic imine (C=N–C) groups is 1. The molecule has 1 amide bonds. The standard InChI is InChI=1S/C23H22N4O2S/c1-14(2)22-26-27-20(24)19(21(28)25-23(27)30-22)13-16-9-11-18(12-10-16)29-15(3)17-7-5-4-6-8-17/h4-15,24H,1-3H3/b19-13-,24-20?. The van der Waals surface area contributed by atoms with Crippen molar-refractivity contribution in [2.45, 2.75) is 26.9 Å². The number of fused-ring (bicyclic) bond motifs is 1. The van der Waals surface area contributed by atoms with Gasteiger partial charge >= 0.3 is 0 Å². The third-order valence-corrected chi connectivity index (χ3v) is 5.95. The summed E-state index contributed by atoms with van der Waals surface area (Å²) in [5.41, 5.74) is 2.12. The predicted octanol–water partition coefficient (Wildman–Crippen LogP) is 5.10. The van der Waals surface area contributed by atoms with Crippen molar-refractivity contribution in [3.05, 3.63) is 71.3 Å². The van der Waals surface area contributed by atoms with Gasteiger partial charge in [0.25, 0.3) is 5.91 Å². The molecule has 0 aliphatic carbocycles. The van der Waals surface area contributed by atoms with Crippen LogP contribution in [0.2, 0.25) is 0 Å². The first-order chi connectivity index (χ1) is 14.4. The van der Waals surface area contributed by atoms with E-state index in [1.807, 2.05) is 75.4 Å². The van der Waals surface area contributed by atoms with Gasteiger partial charge in [0.15, 0.2) is 5.84 Å². The molecule has 1 unspecified atom stereocenters. The van der Waals surface area contributed by atoms with E-state index in [0.29, 0.717) is 5.17 Å². The molecule has 2 aliphatic heterocycles. The summed E-state index contributed by atoms with van der Waals surface area (Å²) in [4.78, 5) is 16.6. The Kier molecular flexibility index (Phi) is 5.55. The van der Waals surface area contributed by atoms with E-state index in [2.05, 4.69) is 10.1 Å². The molecule has 30 heavy (non-hydrogen) atoms. The zero-order chi connectivity index (χ0) is 21.3. The topological polar surface area (TPSA) is 78.1 Å². The molecule has 0 fully saturated rings. The van der Waals surface area contributed by atoms with Crippen molar-refractivity contribution in [1.29, 1.82) is 5.41 Å². The van der Waals surface area contributed by atoms with E-state index in [0.717, 1.165) is 21.9 Å². The first-order valence-electron chi connectivity index (χ1n) is 9.74. The number of amidine groups is 2. The number of thioether (sulfide) groups is 1. The van der Waals surface area contributed by atoms with Gasteiger partial charge in [0.1, 0.15) is 16.9 Å². The molecule has 7 heteroatoms. The Balaban J connectivity index is 1.51. The normalized spacial score (nSPS) is 18.4. The lowest BCUT2D eigenvalue weighted by atomic mass is 10.1. The molecule has 0 spiro atoms. The van der Waals surface area contributed by atoms with Crippen LogP contribution in [-0.2, 0) is 4.79 Å². The summed E-state index contributed by atoms with van der Waals surface area (Å²) >= 11 is 1.34. The minimum absolute atomic E-state index is 0.0474. The smallest absolute Gasteiger partial charge is 0.283 e. The second-order valence-corrected chi connectivity index (χ2v) is 8.34. The zero-order valence-corrected chi connectivity index (χ0v) is 17.8. The average Bonchev–Trinajstić information content (AvgIpc) is 3.17. The lowest BCUT2D eigenvalue weighted by Crippen LogP contribution is -2.35. The fourth-order valence-electron chi connectivity index (χ4n) is 3.05. The largest absolute Gasteiger partial charge is 0.486 e. The summed E-state index contributed by atoms with van der Waals surface area (Å²) in [6.45, 7) is 6.05. The Hall–Kier alpha value is -3.19. The fraction of sp³-hybridized carbons (Fsp3) is 0.217. The number of nitrogens with zero attached hydrogens (tertiary/aromatic N) is 3. The Bertz CT molecular complexity index is 1070. The fourth-order valence-corrected chi connectivity index (χ4v) is 3.94. The monoisotopic (exact) mass is 418 g/mol. The molecule has 0 radical (unpaired) electrons. The maximum atomic E-state index is 12.5. The maximum Gasteiger partial charge on any atom is 0.283 e. The summed E-state index contributed by atoms with van der Waals surface area (Å²) in [5.74, 6) is 0.577. The summed E-state index contributed by atoms with van der Waals surface area (Å²) in [6.07, 6.45) is 1.60. The molecule has 0 saturated heterocycles. The lowest BCUT2D eigenvalue weighted by Gasteiger charge is -2.20. The van der Waals surface area contributed by atoms with Gasteiger partial charge in [-0.15, -0.1) is 0 Å². The van der Waals surface area contributed by atoms with Gasteiger partial charge in [-0.3, -0.25) is 10.2 Å². The molecule has 0 bridgehead atoms. The third-order valence-electron chi connectivity index (χ3n) is 4.74. The van der Waals surface area contributed by atoms with Crippen LogP contribution < -0.4 is 4.74 Å². The van der Waals surface area contributed by atoms with Crippen molar-refractivity contribution in [1.82, 2.24) is 5.01 Å². The van der Waals surface area contributed by atoms with Crippen LogP contribution in [-0.4, -0.2) is 27.0 Å². The van der Waals surface area contributed by atoms with Crippen LogP contribution in [0.15, 0.2) is 70.3 Å². The number of carbonyl (C=O) groups is 1. The highest BCUT2D eigenvalue weighted by molar-refractivity contribution is 8.27. The van der Waals surface area contributed by atoms with Crippen LogP contribution in [0.4, 0.5) is 0 Å². The second-order valence-electron chi connectivity index (χ2n) is 7.35. The first-order valence-corrected chi connectivity index (χ1v) is 10.6. The number of rotatable bonds is 5. The van der Waals surface area contributed by atoms with Gasteiger partial charge in [0, 0.05) is 5.92 Å². The number of hydrogen-bond donors (Lipinski definition) is 1. The molecule has 2 aromatic carbocycles. The minimum Gasteiger partial charge on any atom is -0.486 e. The summed E-state index contributed by atoms with van der Waals surface area (Å²) in [6, 6.07) is 17.5. The molecule has 2 aliphatic rings. The van der Waals surface area contributed by atoms with E-state index in [1.165, 1.54) is 16.8 Å². The molecule has 0 aromatic heterocycles. The molecule has 0 saturated carbocycles. The van der Waals surface area contributed by atoms with Crippen LogP contribution in [0.1, 0.15) is 38.0 Å². The maximum absolute atomic E-state index is 12.5. The Labute approximate surface area is 179 Å². The van der Waals surface area contributed by atoms with Gasteiger partial charge in [0.05, 0.1) is 5.57 Å². The number of amides is 1. The molecular weight excluding hydrogens is 396 g/mol. The Morgan fingerprint density at radius 1 is 1.07 bits per heavy atom. The van der Waals surface area contributed by atoms with Crippen LogP contribution in [0.5, 0.6) is 5.75 Å². The molecule has 152 valence electrons. The van der Waals surface area contributed by atoms with Gasteiger partial charge in [-0.1, -0.05) is 56.3 Å². The number of hydrazone groups is 1. The van der Waals surface area contributed by atoms with Gasteiger partial charge in [0.2, 0.25) is 5.17 Å². The quantitative estimate of drug-likeness (QED) is 0.685. The van der Waals surface area contributed by atoms with Crippen molar-refractivity contribution in [2.75, 3.05) is 0 Å². The van der Waals surface area contributed by atoms with Gasteiger partial charge in [-0.05, 0) is 48.0 Å². The Morgan fingerprint density at radius 2 is 1.77 bits per heavy atom. The molecule has 6 nitrogen and oxygen atoms in total. The van der Waals surface area contributed by atoms with E-state index in [-0.39, 0.29) is 23.4 Å². The van der Waals surface area contributed by atoms with E-state index in [4.69, 9.17) is 10.1 Å². The summed E-state index contributed by atoms with van der Waals surface area (Å²) in [5, 5.41) is 15.6. The van der Waals surface area contributed by atoms with Crippen molar-refractivity contribution in [2.24, 2.45) is 16.0 Å². The highest BCUT2D eigenvalue weighted by Crippen LogP contribution is 2.31. The lowest BCUT2D eigenvalue weighted by molar-refractivity contribution is -0.114. The summed E-state index contributed by atoms with van der Waals surface area (Å²) in [7, 11) is 0. The van der Waals surface area contributed by atoms with Gasteiger partial charge in [-0.25, -0.2) is 0 Å². The molecule has 4 rings (SSSR count). The van der Waals surface area contributed by atoms with E-state index >= 15 is 0 Å². The number of benzene rings is 2. The highest BCUT2D eigenvalue weighted by atomic mass is 32.2. The average molecular weight is 419 g/mol. The van der Waals surface area contributed by atoms with Crippen molar-refractivity contribution in [3.8, 4) is 5.75 Å². The molecule has 2 heterocycles. The zero-order valence-electron chi connectivity index (χ0n) is 17.0. The second kappa shape index (κ2) is 8.28. The van der Waals surface area contributed by atoms with Crippen LogP contribution in [0.25, 0.3) is 6.08 Å². The van der Waals surface area contributed by atoms with Gasteiger partial charge in [-0.2, -0.15) is 15.1 Å². The summed E-state index contributed by atoms with van der Waals surface area (Å²) < 4.78 is 6.00. The number of ether oxygens (including phenoxy) is 1. The third kappa shape index (κ3) is 4.07. The number of hydrogen-bond acceptors (Lipinski definition) is 5. The van der Waals surface area contributed by atoms with E-state index in [9.17, 15) is 4.79 Å². The minimum atomic E-state index is -0.419. The Morgan fingerprint density at radius 3 is 2.43 bits per heavy atom. The molecule has 2 aromatic rings. The SMILES string of the molecule is CC(C)C1=NN2C(=N)/C(=C/c3ccc(OC(C)c4ccccc4)cc3)C(=O)N=C2S1. The van der Waals surface area contributed by atoms with Crippen LogP contribution in [0, 0.1) is 11.3 Å². The van der Waals surface area contributed by atoms with E-state index < -0.39 is 5.91 Å². The molecule has 1 atom stereocenters. The molecular formula is C23H22N4O2S. The van der Waals surface area contributed by atoms with Crippen molar-refractivity contribution < 1.29 is 9.53 Å². The number of carbonyl (C=O) groups excluding carboxylic acids is 1. The van der Waals surface area contributed by atoms with Crippen LogP contribution >= 0.6 is 11.8 Å². The van der Waals surface area contributed by atoms with Gasteiger partial charge < -0.3 is 4.74 Å². The van der Waals surface area contributed by atoms with Crippen molar-refractivity contribution >= 4 is 39.8 Å². The highest BCUT2D eigenvalue weighted by Gasteiger charge is 2.36. The number of nitrogens with one attached hydrogen (secondary N) is 1. The predicted molar refractivity (Wildman–Crippen MR) is 122 cm³/mol.